The van der Waals surface area contributed by atoms with Gasteiger partial charge in [-0.1, -0.05) is 11.6 Å². The number of nitrogens with zero attached hydrogens (tertiary/aromatic N) is 3. The maximum absolute atomic E-state index is 12.8. The van der Waals surface area contributed by atoms with Gasteiger partial charge in [0.15, 0.2) is 0 Å². The summed E-state index contributed by atoms with van der Waals surface area (Å²) in [5, 5.41) is 2.78. The van der Waals surface area contributed by atoms with Crippen molar-refractivity contribution in [3.8, 4) is 0 Å². The van der Waals surface area contributed by atoms with Crippen LogP contribution in [-0.2, 0) is 10.9 Å². The third kappa shape index (κ3) is 4.23. The molecule has 1 aliphatic heterocycles. The molecule has 0 bridgehead atoms. The van der Waals surface area contributed by atoms with Gasteiger partial charge in [0.05, 0.1) is 41.9 Å². The number of hydrogen-bond acceptors (Lipinski definition) is 5. The third-order valence-electron chi connectivity index (χ3n) is 3.73. The van der Waals surface area contributed by atoms with E-state index in [4.69, 9.17) is 16.3 Å². The summed E-state index contributed by atoms with van der Waals surface area (Å²) in [5.74, 6) is -0.103. The minimum Gasteiger partial charge on any atom is -0.378 e. The zero-order valence-corrected chi connectivity index (χ0v) is 14.1. The van der Waals surface area contributed by atoms with Crippen LogP contribution in [0, 0.1) is 0 Å². The monoisotopic (exact) mass is 386 g/mol. The molecule has 2 aromatic rings. The lowest BCUT2D eigenvalue weighted by molar-refractivity contribution is -0.137. The van der Waals surface area contributed by atoms with Crippen LogP contribution in [0.5, 0.6) is 0 Å². The smallest absolute Gasteiger partial charge is 0.378 e. The summed E-state index contributed by atoms with van der Waals surface area (Å²) >= 11 is 5.93. The molecule has 0 aliphatic carbocycles. The molecule has 1 N–H and O–H groups in total. The Morgan fingerprint density at radius 3 is 2.54 bits per heavy atom. The standard InChI is InChI=1S/C16H14ClF3N4O2/c17-11-2-1-10(16(18,19)20)7-12(11)23-14-9-21-13(8-22-14)15(25)24-3-5-26-6-4-24/h1-2,7-9H,3-6H2,(H,22,23). The molecule has 1 saturated heterocycles. The van der Waals surface area contributed by atoms with E-state index in [1.807, 2.05) is 0 Å². The first-order valence-electron chi connectivity index (χ1n) is 7.67. The number of nitrogens with one attached hydrogen (secondary N) is 1. The van der Waals surface area contributed by atoms with E-state index < -0.39 is 11.7 Å². The number of morpholine rings is 1. The van der Waals surface area contributed by atoms with Gasteiger partial charge in [0.1, 0.15) is 11.5 Å². The second-order valence-electron chi connectivity index (χ2n) is 5.51. The molecule has 6 nitrogen and oxygen atoms in total. The van der Waals surface area contributed by atoms with Crippen molar-refractivity contribution in [1.82, 2.24) is 14.9 Å². The van der Waals surface area contributed by atoms with E-state index in [9.17, 15) is 18.0 Å². The zero-order valence-electron chi connectivity index (χ0n) is 13.4. The Labute approximate surface area is 151 Å². The van der Waals surface area contributed by atoms with Crippen molar-refractivity contribution in [2.24, 2.45) is 0 Å². The van der Waals surface area contributed by atoms with Crippen molar-refractivity contribution in [3.05, 3.63) is 46.9 Å². The van der Waals surface area contributed by atoms with E-state index in [2.05, 4.69) is 15.3 Å². The molecule has 1 aliphatic rings. The largest absolute Gasteiger partial charge is 0.416 e. The fraction of sp³-hybridized carbons (Fsp3) is 0.312. The van der Waals surface area contributed by atoms with Crippen LogP contribution in [-0.4, -0.2) is 47.1 Å². The molecule has 1 fully saturated rings. The van der Waals surface area contributed by atoms with Crippen LogP contribution in [0.15, 0.2) is 30.6 Å². The van der Waals surface area contributed by atoms with E-state index in [0.717, 1.165) is 18.2 Å². The number of amides is 1. The predicted molar refractivity (Wildman–Crippen MR) is 88.5 cm³/mol. The topological polar surface area (TPSA) is 67.4 Å². The Kier molecular flexibility index (Phi) is 5.28. The molecule has 0 unspecified atom stereocenters. The Morgan fingerprint density at radius 1 is 1.19 bits per heavy atom. The Bertz CT molecular complexity index is 793. The summed E-state index contributed by atoms with van der Waals surface area (Å²) in [6.07, 6.45) is -1.95. The molecule has 0 atom stereocenters. The first kappa shape index (κ1) is 18.4. The highest BCUT2D eigenvalue weighted by molar-refractivity contribution is 6.33. The lowest BCUT2D eigenvalue weighted by atomic mass is 10.2. The summed E-state index contributed by atoms with van der Waals surface area (Å²) in [6.45, 7) is 1.88. The first-order valence-corrected chi connectivity index (χ1v) is 8.05. The molecule has 1 amide bonds. The van der Waals surface area contributed by atoms with Crippen LogP contribution >= 0.6 is 11.6 Å². The molecular formula is C16H14ClF3N4O2. The maximum atomic E-state index is 12.8. The Balaban J connectivity index is 1.74. The molecule has 1 aromatic heterocycles. The lowest BCUT2D eigenvalue weighted by Gasteiger charge is -2.26. The zero-order chi connectivity index (χ0) is 18.7. The number of rotatable bonds is 3. The highest BCUT2D eigenvalue weighted by Crippen LogP contribution is 2.34. The van der Waals surface area contributed by atoms with Gasteiger partial charge in [-0.25, -0.2) is 9.97 Å². The number of halogens is 4. The van der Waals surface area contributed by atoms with E-state index >= 15 is 0 Å². The quantitative estimate of drug-likeness (QED) is 0.876. The van der Waals surface area contributed by atoms with Gasteiger partial charge in [0.2, 0.25) is 0 Å². The average Bonchev–Trinajstić information content (AvgIpc) is 2.63. The molecule has 10 heteroatoms. The summed E-state index contributed by atoms with van der Waals surface area (Å²) < 4.78 is 43.6. The van der Waals surface area contributed by atoms with Gasteiger partial charge in [-0.2, -0.15) is 13.2 Å². The van der Waals surface area contributed by atoms with Crippen molar-refractivity contribution in [1.29, 1.82) is 0 Å². The van der Waals surface area contributed by atoms with Crippen LogP contribution in [0.4, 0.5) is 24.7 Å². The summed E-state index contributed by atoms with van der Waals surface area (Å²) in [5.41, 5.74) is -0.646. The van der Waals surface area contributed by atoms with Crippen LogP contribution in [0.3, 0.4) is 0 Å². The Morgan fingerprint density at radius 2 is 1.92 bits per heavy atom. The maximum Gasteiger partial charge on any atom is 0.416 e. The van der Waals surface area contributed by atoms with E-state index in [1.54, 1.807) is 4.90 Å². The van der Waals surface area contributed by atoms with E-state index in [-0.39, 0.29) is 28.1 Å². The van der Waals surface area contributed by atoms with Crippen molar-refractivity contribution in [2.75, 3.05) is 31.6 Å². The third-order valence-corrected chi connectivity index (χ3v) is 4.06. The van der Waals surface area contributed by atoms with Crippen molar-refractivity contribution < 1.29 is 22.7 Å². The molecule has 0 saturated carbocycles. The summed E-state index contributed by atoms with van der Waals surface area (Å²) in [7, 11) is 0. The van der Waals surface area contributed by atoms with E-state index in [0.29, 0.717) is 26.3 Å². The van der Waals surface area contributed by atoms with Crippen LogP contribution in [0.1, 0.15) is 16.1 Å². The molecular weight excluding hydrogens is 373 g/mol. The van der Waals surface area contributed by atoms with Gasteiger partial charge in [0.25, 0.3) is 5.91 Å². The number of ether oxygens (including phenoxy) is 1. The molecule has 2 heterocycles. The molecule has 0 spiro atoms. The normalized spacial score (nSPS) is 15.0. The predicted octanol–water partition coefficient (Wildman–Crippen LogP) is 3.36. The van der Waals surface area contributed by atoms with Crippen LogP contribution < -0.4 is 5.32 Å². The van der Waals surface area contributed by atoms with Crippen molar-refractivity contribution >= 4 is 29.0 Å². The highest BCUT2D eigenvalue weighted by Gasteiger charge is 2.31. The lowest BCUT2D eigenvalue weighted by Crippen LogP contribution is -2.41. The van der Waals surface area contributed by atoms with Crippen molar-refractivity contribution in [2.45, 2.75) is 6.18 Å². The summed E-state index contributed by atoms with van der Waals surface area (Å²) in [6, 6.07) is 2.93. The highest BCUT2D eigenvalue weighted by atomic mass is 35.5. The van der Waals surface area contributed by atoms with Gasteiger partial charge < -0.3 is 15.0 Å². The molecule has 26 heavy (non-hydrogen) atoms. The number of hydrogen-bond donors (Lipinski definition) is 1. The SMILES string of the molecule is O=C(c1cnc(Nc2cc(C(F)(F)F)ccc2Cl)cn1)N1CCOCC1. The fourth-order valence-electron chi connectivity index (χ4n) is 2.37. The van der Waals surface area contributed by atoms with Gasteiger partial charge in [-0.05, 0) is 18.2 Å². The molecule has 3 rings (SSSR count). The second-order valence-corrected chi connectivity index (χ2v) is 5.92. The number of benzene rings is 1. The number of carbonyl (C=O) groups is 1. The molecule has 138 valence electrons. The molecule has 0 radical (unpaired) electrons. The van der Waals surface area contributed by atoms with E-state index in [1.165, 1.54) is 12.4 Å². The second kappa shape index (κ2) is 7.46. The van der Waals surface area contributed by atoms with Gasteiger partial charge in [-0.15, -0.1) is 0 Å². The van der Waals surface area contributed by atoms with Crippen LogP contribution in [0.2, 0.25) is 5.02 Å². The Hall–Kier alpha value is -2.39. The first-order chi connectivity index (χ1) is 12.3. The van der Waals surface area contributed by atoms with Gasteiger partial charge in [-0.3, -0.25) is 4.79 Å². The minimum atomic E-state index is -4.48. The van der Waals surface area contributed by atoms with Gasteiger partial charge >= 0.3 is 6.18 Å². The van der Waals surface area contributed by atoms with Crippen molar-refractivity contribution in [3.63, 3.8) is 0 Å². The minimum absolute atomic E-state index is 0.0445. The van der Waals surface area contributed by atoms with Crippen LogP contribution in [0.25, 0.3) is 0 Å². The number of carbonyl (C=O) groups excluding carboxylic acids is 1. The number of alkyl halides is 3. The number of aromatic nitrogens is 2. The number of anilines is 2. The molecule has 1 aromatic carbocycles. The fourth-order valence-corrected chi connectivity index (χ4v) is 2.53. The summed E-state index contributed by atoms with van der Waals surface area (Å²) in [4.78, 5) is 21.9. The van der Waals surface area contributed by atoms with Gasteiger partial charge in [0, 0.05) is 13.1 Å². The average molecular weight is 387 g/mol.